The third-order valence-corrected chi connectivity index (χ3v) is 10.8. The summed E-state index contributed by atoms with van der Waals surface area (Å²) in [6.45, 7) is 11.1. The molecule has 0 aromatic heterocycles. The lowest BCUT2D eigenvalue weighted by Crippen LogP contribution is -2.61. The summed E-state index contributed by atoms with van der Waals surface area (Å²) in [5.41, 5.74) is -0.592. The highest BCUT2D eigenvalue weighted by Crippen LogP contribution is 2.27. The van der Waals surface area contributed by atoms with Crippen molar-refractivity contribution in [2.45, 2.75) is 245 Å². The summed E-state index contributed by atoms with van der Waals surface area (Å²) < 4.78 is 32.4. The van der Waals surface area contributed by atoms with Gasteiger partial charge in [-0.05, 0) is 25.7 Å². The van der Waals surface area contributed by atoms with Crippen molar-refractivity contribution in [1.82, 2.24) is 0 Å². The van der Waals surface area contributed by atoms with Gasteiger partial charge in [0.05, 0.1) is 20.1 Å². The van der Waals surface area contributed by atoms with E-state index in [9.17, 15) is 5.11 Å². The van der Waals surface area contributed by atoms with Crippen molar-refractivity contribution >= 4 is 10.4 Å². The molecule has 0 aliphatic carbocycles. The molecule has 0 heterocycles. The van der Waals surface area contributed by atoms with Gasteiger partial charge in [0, 0.05) is 13.3 Å². The highest BCUT2D eigenvalue weighted by molar-refractivity contribution is 7.79. The number of aliphatic hydroxyl groups is 1. The third kappa shape index (κ3) is 37.1. The van der Waals surface area contributed by atoms with Crippen LogP contribution in [0.4, 0.5) is 0 Å². The first kappa shape index (κ1) is 49.9. The molecule has 0 saturated heterocycles. The van der Waals surface area contributed by atoms with Crippen LogP contribution in [0.5, 0.6) is 0 Å². The van der Waals surface area contributed by atoms with Crippen LogP contribution in [0.3, 0.4) is 0 Å². The molecule has 292 valence electrons. The Morgan fingerprint density at radius 2 is 0.583 bits per heavy atom. The summed E-state index contributed by atoms with van der Waals surface area (Å²) >= 11 is 0. The van der Waals surface area contributed by atoms with Gasteiger partial charge in [0.1, 0.15) is 0 Å². The van der Waals surface area contributed by atoms with E-state index in [1.807, 2.05) is 0 Å². The van der Waals surface area contributed by atoms with Crippen LogP contribution < -0.4 is 0 Å². The molecule has 0 rings (SSSR count). The predicted molar refractivity (Wildman–Crippen MR) is 210 cm³/mol. The van der Waals surface area contributed by atoms with Gasteiger partial charge in [-0.3, -0.25) is 13.6 Å². The Morgan fingerprint density at radius 3 is 0.750 bits per heavy atom. The first-order valence-corrected chi connectivity index (χ1v) is 22.6. The SMILES string of the molecule is CCCCCCCCCCCCCCCCCC[N+](C)(CCCCCCCCCCCCCCCCCC)C(C)(O)CC.O=S(=O)(O)O. The Kier molecular flexibility index (Phi) is 36.6. The number of unbranched alkanes of at least 4 members (excludes halogenated alkanes) is 30. The maximum atomic E-state index is 11.3. The smallest absolute Gasteiger partial charge is 0.343 e. The van der Waals surface area contributed by atoms with Crippen molar-refractivity contribution in [3.63, 3.8) is 0 Å². The van der Waals surface area contributed by atoms with Crippen LogP contribution in [0, 0.1) is 0 Å². The lowest BCUT2D eigenvalue weighted by atomic mass is 10.0. The number of rotatable bonds is 36. The highest BCUT2D eigenvalue weighted by Gasteiger charge is 2.39. The number of quaternary nitrogens is 1. The molecule has 1 atom stereocenters. The second kappa shape index (κ2) is 35.2. The van der Waals surface area contributed by atoms with Gasteiger partial charge in [0.25, 0.3) is 0 Å². The lowest BCUT2D eigenvalue weighted by Gasteiger charge is -2.46. The van der Waals surface area contributed by atoms with E-state index in [0.29, 0.717) is 0 Å². The summed E-state index contributed by atoms with van der Waals surface area (Å²) in [6, 6.07) is 0. The molecule has 0 aromatic rings. The van der Waals surface area contributed by atoms with Crippen LogP contribution in [-0.4, -0.2) is 53.0 Å². The second-order valence-electron chi connectivity index (χ2n) is 15.5. The van der Waals surface area contributed by atoms with Crippen molar-refractivity contribution in [2.24, 2.45) is 0 Å². The van der Waals surface area contributed by atoms with Crippen LogP contribution in [0.25, 0.3) is 0 Å². The van der Waals surface area contributed by atoms with Gasteiger partial charge in [-0.1, -0.05) is 201 Å². The fourth-order valence-corrected chi connectivity index (χ4v) is 6.99. The fourth-order valence-electron chi connectivity index (χ4n) is 6.99. The molecule has 7 heteroatoms. The van der Waals surface area contributed by atoms with E-state index in [4.69, 9.17) is 17.5 Å². The van der Waals surface area contributed by atoms with E-state index in [-0.39, 0.29) is 0 Å². The van der Waals surface area contributed by atoms with Gasteiger partial charge in [0.15, 0.2) is 5.72 Å². The van der Waals surface area contributed by atoms with E-state index in [1.54, 1.807) is 0 Å². The fraction of sp³-hybridized carbons (Fsp3) is 1.00. The van der Waals surface area contributed by atoms with E-state index < -0.39 is 16.1 Å². The number of hydrogen-bond donors (Lipinski definition) is 3. The van der Waals surface area contributed by atoms with Crippen molar-refractivity contribution in [3.05, 3.63) is 0 Å². The van der Waals surface area contributed by atoms with Crippen molar-refractivity contribution in [2.75, 3.05) is 20.1 Å². The Labute approximate surface area is 302 Å². The van der Waals surface area contributed by atoms with Gasteiger partial charge in [-0.2, -0.15) is 8.42 Å². The topological polar surface area (TPSA) is 94.8 Å². The molecular weight excluding hydrogens is 619 g/mol. The second-order valence-corrected chi connectivity index (χ2v) is 16.4. The molecule has 0 amide bonds. The molecule has 0 aliphatic heterocycles. The monoisotopic (exact) mass is 707 g/mol. The van der Waals surface area contributed by atoms with Crippen molar-refractivity contribution in [1.29, 1.82) is 0 Å². The summed E-state index contributed by atoms with van der Waals surface area (Å²) in [6.07, 6.45) is 46.3. The minimum absolute atomic E-state index is 0.592. The van der Waals surface area contributed by atoms with Gasteiger partial charge < -0.3 is 5.11 Å². The molecule has 1 unspecified atom stereocenters. The quantitative estimate of drug-likeness (QED) is 0.0261. The molecule has 0 saturated carbocycles. The molecule has 0 radical (unpaired) electrons. The number of nitrogens with zero attached hydrogens (tertiary/aromatic N) is 1. The predicted octanol–water partition coefficient (Wildman–Crippen LogP) is 13.4. The van der Waals surface area contributed by atoms with Crippen LogP contribution in [0.15, 0.2) is 0 Å². The zero-order valence-corrected chi connectivity index (χ0v) is 34.1. The summed E-state index contributed by atoms with van der Waals surface area (Å²) in [4.78, 5) is 0. The van der Waals surface area contributed by atoms with Crippen molar-refractivity contribution < 1.29 is 27.1 Å². The molecule has 48 heavy (non-hydrogen) atoms. The lowest BCUT2D eigenvalue weighted by molar-refractivity contribution is -0.982. The Bertz CT molecular complexity index is 699. The molecular formula is C41H88NO5S+. The summed E-state index contributed by atoms with van der Waals surface area (Å²) in [5.74, 6) is 0. The highest BCUT2D eigenvalue weighted by atomic mass is 32.3. The molecule has 0 aromatic carbocycles. The van der Waals surface area contributed by atoms with Gasteiger partial charge in [-0.25, -0.2) is 0 Å². The average molecular weight is 707 g/mol. The standard InChI is InChI=1S/C41H86NO.H2O4S/c1-6-9-11-13-15-17-19-21-23-25-27-29-31-33-35-37-39-42(5,41(4,43)8-3)40-38-36-34-32-30-28-26-24-22-20-18-16-14-12-10-7-2;1-5(2,3)4/h43H,6-40H2,1-5H3;(H2,1,2,3,4)/q+1;. The molecule has 0 bridgehead atoms. The number of hydrogen-bond acceptors (Lipinski definition) is 3. The zero-order valence-electron chi connectivity index (χ0n) is 33.3. The average Bonchev–Trinajstić information content (AvgIpc) is 3.03. The Hall–Kier alpha value is -0.210. The van der Waals surface area contributed by atoms with Gasteiger partial charge in [-0.15, -0.1) is 0 Å². The summed E-state index contributed by atoms with van der Waals surface area (Å²) in [5, 5.41) is 11.3. The largest absolute Gasteiger partial charge is 0.394 e. The van der Waals surface area contributed by atoms with Crippen LogP contribution in [0.2, 0.25) is 0 Å². The van der Waals surface area contributed by atoms with Gasteiger partial charge in [0.2, 0.25) is 0 Å². The first-order valence-electron chi connectivity index (χ1n) is 21.2. The first-order chi connectivity index (χ1) is 22.9. The molecule has 6 nitrogen and oxygen atoms in total. The minimum Gasteiger partial charge on any atom is -0.343 e. The van der Waals surface area contributed by atoms with E-state index >= 15 is 0 Å². The molecule has 0 spiro atoms. The van der Waals surface area contributed by atoms with E-state index in [2.05, 4.69) is 34.7 Å². The molecule has 0 aliphatic rings. The molecule has 0 fully saturated rings. The maximum Gasteiger partial charge on any atom is 0.394 e. The maximum absolute atomic E-state index is 11.3. The van der Waals surface area contributed by atoms with Crippen LogP contribution >= 0.6 is 0 Å². The van der Waals surface area contributed by atoms with E-state index in [0.717, 1.165) is 24.0 Å². The van der Waals surface area contributed by atoms with Crippen LogP contribution in [0.1, 0.15) is 240 Å². The van der Waals surface area contributed by atoms with Crippen molar-refractivity contribution in [3.8, 4) is 0 Å². The zero-order chi connectivity index (χ0) is 36.2. The summed E-state index contributed by atoms with van der Waals surface area (Å²) in [7, 11) is -2.33. The Morgan fingerprint density at radius 1 is 0.417 bits per heavy atom. The molecule has 3 N–H and O–H groups in total. The van der Waals surface area contributed by atoms with Crippen LogP contribution in [-0.2, 0) is 10.4 Å². The van der Waals surface area contributed by atoms with Gasteiger partial charge >= 0.3 is 10.4 Å². The normalized spacial score (nSPS) is 13.3. The van der Waals surface area contributed by atoms with E-state index in [1.165, 1.54) is 205 Å². The Balaban J connectivity index is 0. The third-order valence-electron chi connectivity index (χ3n) is 10.8. The minimum atomic E-state index is -4.67.